The summed E-state index contributed by atoms with van der Waals surface area (Å²) in [6.07, 6.45) is 1.12. The largest absolute Gasteiger partial charge is 0.447 e. The number of amides is 2. The number of nitrogens with one attached hydrogen (secondary N) is 1. The highest BCUT2D eigenvalue weighted by molar-refractivity contribution is 5.94. The maximum absolute atomic E-state index is 12.3. The number of carbonyl (C=O) groups excluding carboxylic acids is 2. The highest BCUT2D eigenvalue weighted by Crippen LogP contribution is 2.18. The summed E-state index contributed by atoms with van der Waals surface area (Å²) < 4.78 is 6.40. The number of hydrogen-bond acceptors (Lipinski definition) is 6. The second-order valence-electron chi connectivity index (χ2n) is 6.10. The number of benzene rings is 2. The van der Waals surface area contributed by atoms with Gasteiger partial charge in [-0.1, -0.05) is 17.9 Å². The van der Waals surface area contributed by atoms with Crippen molar-refractivity contribution >= 4 is 17.7 Å². The minimum Gasteiger partial charge on any atom is -0.447 e. The van der Waals surface area contributed by atoms with Gasteiger partial charge < -0.3 is 10.1 Å². The Kier molecular flexibility index (Phi) is 5.16. The van der Waals surface area contributed by atoms with Gasteiger partial charge in [0.25, 0.3) is 5.91 Å². The maximum Gasteiger partial charge on any atom is 0.414 e. The lowest BCUT2D eigenvalue weighted by Gasteiger charge is -2.11. The van der Waals surface area contributed by atoms with Gasteiger partial charge in [-0.2, -0.15) is 0 Å². The molecule has 0 unspecified atom stereocenters. The van der Waals surface area contributed by atoms with Crippen LogP contribution in [0.25, 0.3) is 5.69 Å². The fourth-order valence-corrected chi connectivity index (χ4v) is 2.79. The molecule has 2 amide bonds. The van der Waals surface area contributed by atoms with E-state index < -0.39 is 0 Å². The molecule has 1 fully saturated rings. The summed E-state index contributed by atoms with van der Waals surface area (Å²) in [5, 5.41) is 13.7. The zero-order valence-corrected chi connectivity index (χ0v) is 15.3. The van der Waals surface area contributed by atoms with Gasteiger partial charge >= 0.3 is 6.09 Å². The smallest absolute Gasteiger partial charge is 0.414 e. The van der Waals surface area contributed by atoms with Gasteiger partial charge in [-0.05, 0) is 52.9 Å². The van der Waals surface area contributed by atoms with Crippen molar-refractivity contribution in [3.8, 4) is 17.5 Å². The fourth-order valence-electron chi connectivity index (χ4n) is 2.79. The van der Waals surface area contributed by atoms with Crippen LogP contribution in [0.5, 0.6) is 0 Å². The molecule has 1 aliphatic rings. The van der Waals surface area contributed by atoms with Crippen molar-refractivity contribution in [3.63, 3.8) is 0 Å². The lowest BCUT2D eigenvalue weighted by Crippen LogP contribution is -2.23. The molecule has 9 heteroatoms. The first-order valence-electron chi connectivity index (χ1n) is 8.85. The molecule has 9 nitrogen and oxygen atoms in total. The predicted molar refractivity (Wildman–Crippen MR) is 104 cm³/mol. The Morgan fingerprint density at radius 1 is 1.17 bits per heavy atom. The van der Waals surface area contributed by atoms with E-state index in [1.165, 1.54) is 11.0 Å². The van der Waals surface area contributed by atoms with Crippen molar-refractivity contribution in [2.75, 3.05) is 24.6 Å². The van der Waals surface area contributed by atoms with Gasteiger partial charge in [0, 0.05) is 16.8 Å². The van der Waals surface area contributed by atoms with E-state index in [-0.39, 0.29) is 18.5 Å². The van der Waals surface area contributed by atoms with E-state index in [1.807, 2.05) is 24.3 Å². The van der Waals surface area contributed by atoms with Crippen LogP contribution in [0.3, 0.4) is 0 Å². The molecule has 0 spiro atoms. The molecule has 1 N–H and O–H groups in total. The van der Waals surface area contributed by atoms with Crippen molar-refractivity contribution in [2.45, 2.75) is 0 Å². The molecule has 29 heavy (non-hydrogen) atoms. The summed E-state index contributed by atoms with van der Waals surface area (Å²) >= 11 is 0. The third-order valence-corrected chi connectivity index (χ3v) is 4.23. The van der Waals surface area contributed by atoms with Crippen LogP contribution in [-0.2, 0) is 4.74 Å². The van der Waals surface area contributed by atoms with Crippen LogP contribution in [0.2, 0.25) is 0 Å². The lowest BCUT2D eigenvalue weighted by atomic mass is 10.2. The normalized spacial score (nSPS) is 12.8. The van der Waals surface area contributed by atoms with E-state index >= 15 is 0 Å². The number of aromatic nitrogens is 4. The zero-order valence-electron chi connectivity index (χ0n) is 15.3. The summed E-state index contributed by atoms with van der Waals surface area (Å²) in [4.78, 5) is 25.4. The molecule has 0 aliphatic carbocycles. The number of hydrogen-bond donors (Lipinski definition) is 1. The number of cyclic esters (lactones) is 1. The maximum atomic E-state index is 12.3. The summed E-state index contributed by atoms with van der Waals surface area (Å²) in [5.41, 5.74) is 2.74. The van der Waals surface area contributed by atoms with E-state index in [1.54, 1.807) is 29.2 Å². The molecule has 3 aromatic rings. The number of tetrazole rings is 1. The molecule has 0 saturated carbocycles. The van der Waals surface area contributed by atoms with Gasteiger partial charge in [-0.15, -0.1) is 5.10 Å². The van der Waals surface area contributed by atoms with Gasteiger partial charge in [0.05, 0.1) is 18.8 Å². The van der Waals surface area contributed by atoms with Gasteiger partial charge in [0.15, 0.2) is 0 Å². The third kappa shape index (κ3) is 4.22. The number of anilines is 1. The molecule has 1 aliphatic heterocycles. The average molecular weight is 388 g/mol. The Bertz CT molecular complexity index is 1080. The molecule has 0 bridgehead atoms. The third-order valence-electron chi connectivity index (χ3n) is 4.23. The Morgan fingerprint density at radius 3 is 2.76 bits per heavy atom. The van der Waals surface area contributed by atoms with Gasteiger partial charge in [-0.3, -0.25) is 9.69 Å². The summed E-state index contributed by atoms with van der Waals surface area (Å²) in [5.74, 6) is 5.66. The lowest BCUT2D eigenvalue weighted by molar-refractivity contribution is 0.0958. The van der Waals surface area contributed by atoms with Crippen LogP contribution in [0.1, 0.15) is 15.9 Å². The molecular formula is C20H16N6O3. The van der Waals surface area contributed by atoms with Crippen molar-refractivity contribution in [3.05, 3.63) is 66.0 Å². The molecule has 2 heterocycles. The fraction of sp³-hybridized carbons (Fsp3) is 0.150. The monoisotopic (exact) mass is 388 g/mol. The highest BCUT2D eigenvalue weighted by atomic mass is 16.6. The number of nitrogens with zero attached hydrogens (tertiary/aromatic N) is 5. The minimum atomic E-state index is -0.337. The average Bonchev–Trinajstić information content (AvgIpc) is 3.44. The topological polar surface area (TPSA) is 102 Å². The highest BCUT2D eigenvalue weighted by Gasteiger charge is 2.23. The summed E-state index contributed by atoms with van der Waals surface area (Å²) in [6.45, 7) is 1.15. The zero-order chi connectivity index (χ0) is 20.1. The Labute approximate surface area is 166 Å². The van der Waals surface area contributed by atoms with Crippen LogP contribution in [0, 0.1) is 11.8 Å². The van der Waals surface area contributed by atoms with Gasteiger partial charge in [0.2, 0.25) is 0 Å². The first-order valence-corrected chi connectivity index (χ1v) is 8.85. The van der Waals surface area contributed by atoms with Crippen LogP contribution in [-0.4, -0.2) is 51.9 Å². The first kappa shape index (κ1) is 18.2. The summed E-state index contributed by atoms with van der Waals surface area (Å²) in [6, 6.07) is 14.3. The molecule has 1 saturated heterocycles. The van der Waals surface area contributed by atoms with Crippen LogP contribution < -0.4 is 10.2 Å². The Balaban J connectivity index is 1.34. The first-order chi connectivity index (χ1) is 14.2. The van der Waals surface area contributed by atoms with Crippen molar-refractivity contribution < 1.29 is 14.3 Å². The van der Waals surface area contributed by atoms with Gasteiger partial charge in [0.1, 0.15) is 12.9 Å². The molecule has 0 atom stereocenters. The molecular weight excluding hydrogens is 372 g/mol. The van der Waals surface area contributed by atoms with Crippen molar-refractivity contribution in [2.24, 2.45) is 0 Å². The SMILES string of the molecule is O=C(NCC#Cc1ccc(N2CCOC2=O)cc1)c1cccc(-n2cnnn2)c1. The molecule has 2 aromatic carbocycles. The van der Waals surface area contributed by atoms with E-state index in [0.29, 0.717) is 24.4 Å². The van der Waals surface area contributed by atoms with E-state index in [9.17, 15) is 9.59 Å². The quantitative estimate of drug-likeness (QED) is 0.678. The van der Waals surface area contributed by atoms with Crippen LogP contribution in [0.4, 0.5) is 10.5 Å². The molecule has 1 aromatic heterocycles. The standard InChI is InChI=1S/C20H16N6O3/c27-19(16-4-1-5-18(13-16)26-14-22-23-24-26)21-10-2-3-15-6-8-17(9-7-15)25-11-12-29-20(25)28/h1,4-9,13-14H,10-12H2,(H,21,27). The minimum absolute atomic E-state index is 0.203. The van der Waals surface area contributed by atoms with Gasteiger partial charge in [-0.25, -0.2) is 9.48 Å². The van der Waals surface area contributed by atoms with Crippen LogP contribution in [0.15, 0.2) is 54.9 Å². The Hall–Kier alpha value is -4.19. The number of ether oxygens (including phenoxy) is 1. The number of carbonyl (C=O) groups is 2. The number of rotatable bonds is 4. The summed E-state index contributed by atoms with van der Waals surface area (Å²) in [7, 11) is 0. The van der Waals surface area contributed by atoms with E-state index in [0.717, 1.165) is 11.3 Å². The van der Waals surface area contributed by atoms with E-state index in [4.69, 9.17) is 4.74 Å². The second kappa shape index (κ2) is 8.22. The van der Waals surface area contributed by atoms with E-state index in [2.05, 4.69) is 32.7 Å². The van der Waals surface area contributed by atoms with Crippen molar-refractivity contribution in [1.82, 2.24) is 25.5 Å². The Morgan fingerprint density at radius 2 is 2.03 bits per heavy atom. The second-order valence-corrected chi connectivity index (χ2v) is 6.10. The molecule has 144 valence electrons. The molecule has 0 radical (unpaired) electrons. The van der Waals surface area contributed by atoms with Crippen molar-refractivity contribution in [1.29, 1.82) is 0 Å². The molecule has 4 rings (SSSR count). The van der Waals surface area contributed by atoms with Crippen LogP contribution >= 0.6 is 0 Å². The predicted octanol–water partition coefficient (Wildman–Crippen LogP) is 1.40.